The second-order valence-corrected chi connectivity index (χ2v) is 8.78. The Balaban J connectivity index is 1.56. The first-order valence-electron chi connectivity index (χ1n) is 11.1. The van der Waals surface area contributed by atoms with Crippen LogP contribution < -0.4 is 0 Å². The maximum atomic E-state index is 14.8. The zero-order valence-corrected chi connectivity index (χ0v) is 19.4. The molecular weight excluding hydrogens is 459 g/mol. The molecule has 0 bridgehead atoms. The van der Waals surface area contributed by atoms with Crippen molar-refractivity contribution < 1.29 is 18.3 Å². The van der Waals surface area contributed by atoms with Crippen molar-refractivity contribution in [2.45, 2.75) is 45.1 Å². The van der Waals surface area contributed by atoms with Crippen molar-refractivity contribution in [2.24, 2.45) is 0 Å². The van der Waals surface area contributed by atoms with Crippen molar-refractivity contribution in [1.29, 1.82) is 0 Å². The van der Waals surface area contributed by atoms with Gasteiger partial charge in [0.1, 0.15) is 35.7 Å². The largest absolute Gasteiger partial charge is 0.382 e. The van der Waals surface area contributed by atoms with E-state index in [4.69, 9.17) is 0 Å². The Labute approximate surface area is 200 Å². The van der Waals surface area contributed by atoms with Gasteiger partial charge in [0.2, 0.25) is 0 Å². The van der Waals surface area contributed by atoms with Gasteiger partial charge in [-0.1, -0.05) is 23.4 Å². The van der Waals surface area contributed by atoms with Gasteiger partial charge < -0.3 is 5.11 Å². The lowest BCUT2D eigenvalue weighted by molar-refractivity contribution is -0.0315. The summed E-state index contributed by atoms with van der Waals surface area (Å²) in [6.45, 7) is 4.56. The van der Waals surface area contributed by atoms with Crippen molar-refractivity contribution in [3.8, 4) is 0 Å². The number of nitrogens with zero attached hydrogens (tertiary/aromatic N) is 7. The van der Waals surface area contributed by atoms with Crippen molar-refractivity contribution in [3.63, 3.8) is 0 Å². The van der Waals surface area contributed by atoms with Crippen LogP contribution >= 0.6 is 0 Å². The molecule has 35 heavy (non-hydrogen) atoms. The van der Waals surface area contributed by atoms with Gasteiger partial charge in [-0.05, 0) is 37.6 Å². The van der Waals surface area contributed by atoms with E-state index in [9.17, 15) is 18.3 Å². The van der Waals surface area contributed by atoms with Crippen LogP contribution in [0.1, 0.15) is 30.7 Å². The molecule has 184 valence electrons. The van der Waals surface area contributed by atoms with E-state index >= 15 is 0 Å². The Bertz CT molecular complexity index is 1240. The molecule has 0 aliphatic carbocycles. The number of aromatic nitrogens is 6. The molecule has 4 aromatic rings. The van der Waals surface area contributed by atoms with Gasteiger partial charge in [-0.3, -0.25) is 4.90 Å². The van der Waals surface area contributed by atoms with E-state index in [2.05, 4.69) is 20.4 Å². The van der Waals surface area contributed by atoms with Gasteiger partial charge in [-0.15, -0.1) is 5.10 Å². The van der Waals surface area contributed by atoms with Crippen LogP contribution in [0.3, 0.4) is 0 Å². The molecule has 0 saturated heterocycles. The van der Waals surface area contributed by atoms with Gasteiger partial charge in [0.25, 0.3) is 0 Å². The molecule has 0 aliphatic rings. The Kier molecular flexibility index (Phi) is 7.27. The summed E-state index contributed by atoms with van der Waals surface area (Å²) >= 11 is 0. The number of aliphatic hydroxyl groups is 1. The molecule has 0 fully saturated rings. The molecule has 8 nitrogen and oxygen atoms in total. The summed E-state index contributed by atoms with van der Waals surface area (Å²) in [5.41, 5.74) is -0.263. The second kappa shape index (κ2) is 10.4. The van der Waals surface area contributed by atoms with E-state index < -0.39 is 17.2 Å². The maximum Gasteiger partial charge on any atom is 0.137 e. The van der Waals surface area contributed by atoms with Crippen LogP contribution in [0.5, 0.6) is 0 Å². The minimum atomic E-state index is -1.74. The third-order valence-corrected chi connectivity index (χ3v) is 5.73. The van der Waals surface area contributed by atoms with E-state index in [1.165, 1.54) is 35.5 Å². The Hall–Kier alpha value is -3.57. The summed E-state index contributed by atoms with van der Waals surface area (Å²) in [7, 11) is 0. The molecule has 2 aromatic carbocycles. The molecule has 1 N–H and O–H groups in total. The van der Waals surface area contributed by atoms with E-state index in [0.717, 1.165) is 17.7 Å². The first-order valence-corrected chi connectivity index (χ1v) is 11.1. The topological polar surface area (TPSA) is 84.9 Å². The van der Waals surface area contributed by atoms with Crippen molar-refractivity contribution in [2.75, 3.05) is 6.54 Å². The number of hydrogen-bond acceptors (Lipinski definition) is 6. The third-order valence-electron chi connectivity index (χ3n) is 5.73. The van der Waals surface area contributed by atoms with Gasteiger partial charge in [-0.25, -0.2) is 27.5 Å². The molecule has 1 unspecified atom stereocenters. The summed E-state index contributed by atoms with van der Waals surface area (Å²) in [5, 5.41) is 24.1. The van der Waals surface area contributed by atoms with Crippen LogP contribution in [0.25, 0.3) is 0 Å². The number of rotatable bonds is 10. The lowest BCUT2D eigenvalue weighted by atomic mass is 9.91. The molecule has 0 aliphatic heterocycles. The van der Waals surface area contributed by atoms with Crippen LogP contribution in [-0.4, -0.2) is 52.4 Å². The average Bonchev–Trinajstić information content (AvgIpc) is 3.46. The smallest absolute Gasteiger partial charge is 0.137 e. The molecule has 0 radical (unpaired) electrons. The molecular formula is C24H26F3N7O. The molecule has 0 saturated carbocycles. The minimum Gasteiger partial charge on any atom is -0.382 e. The van der Waals surface area contributed by atoms with Gasteiger partial charge >= 0.3 is 0 Å². The summed E-state index contributed by atoms with van der Waals surface area (Å²) in [6.07, 6.45) is 4.52. The molecule has 2 heterocycles. The highest BCUT2D eigenvalue weighted by Gasteiger charge is 2.36. The second-order valence-electron chi connectivity index (χ2n) is 8.78. The SMILES string of the molecule is CC(C)N(Cc1cn(Cc2ccc(F)cc2)nn1)CC(O)(Cn1cncn1)c1ccc(F)cc1F. The maximum absolute atomic E-state index is 14.8. The highest BCUT2D eigenvalue weighted by atomic mass is 19.1. The molecule has 11 heteroatoms. The quantitative estimate of drug-likeness (QED) is 0.372. The van der Waals surface area contributed by atoms with Crippen molar-refractivity contribution >= 4 is 0 Å². The van der Waals surface area contributed by atoms with Gasteiger partial charge in [0.15, 0.2) is 0 Å². The predicted octanol–water partition coefficient (Wildman–Crippen LogP) is 3.13. The highest BCUT2D eigenvalue weighted by Crippen LogP contribution is 2.29. The fraction of sp³-hybridized carbons (Fsp3) is 0.333. The monoisotopic (exact) mass is 485 g/mol. The van der Waals surface area contributed by atoms with Crippen LogP contribution in [0.2, 0.25) is 0 Å². The standard InChI is InChI=1S/C24H26F3N7O/c1-17(2)32(11-21-12-33(31-30-21)10-18-3-5-19(25)6-4-18)13-24(35,14-34-16-28-15-29-34)22-8-7-20(26)9-23(22)27/h3-9,12,15-17,35H,10-11,13-14H2,1-2H3. The van der Waals surface area contributed by atoms with Crippen molar-refractivity contribution in [1.82, 2.24) is 34.7 Å². The van der Waals surface area contributed by atoms with Crippen LogP contribution in [0, 0.1) is 17.5 Å². The van der Waals surface area contributed by atoms with Gasteiger partial charge in [0, 0.05) is 30.8 Å². The predicted molar refractivity (Wildman–Crippen MR) is 121 cm³/mol. The molecule has 4 rings (SSSR count). The minimum absolute atomic E-state index is 0.0118. The van der Waals surface area contributed by atoms with Gasteiger partial charge in [-0.2, -0.15) is 5.10 Å². The van der Waals surface area contributed by atoms with Crippen LogP contribution in [-0.2, 0) is 25.2 Å². The van der Waals surface area contributed by atoms with Gasteiger partial charge in [0.05, 0.1) is 25.0 Å². The number of halogens is 3. The lowest BCUT2D eigenvalue weighted by Gasteiger charge is -2.36. The highest BCUT2D eigenvalue weighted by molar-refractivity contribution is 5.26. The lowest BCUT2D eigenvalue weighted by Crippen LogP contribution is -2.46. The van der Waals surface area contributed by atoms with Crippen molar-refractivity contribution in [3.05, 3.63) is 95.6 Å². The van der Waals surface area contributed by atoms with E-state index in [1.54, 1.807) is 23.0 Å². The average molecular weight is 486 g/mol. The van der Waals surface area contributed by atoms with Crippen LogP contribution in [0.15, 0.2) is 61.3 Å². The van der Waals surface area contributed by atoms with E-state index in [0.29, 0.717) is 18.8 Å². The summed E-state index contributed by atoms with van der Waals surface area (Å²) in [6, 6.07) is 9.20. The molecule has 0 amide bonds. The Morgan fingerprint density at radius 1 is 1.03 bits per heavy atom. The normalized spacial score (nSPS) is 13.5. The number of hydrogen-bond donors (Lipinski definition) is 1. The molecule has 2 aromatic heterocycles. The van der Waals surface area contributed by atoms with E-state index in [-0.39, 0.29) is 30.5 Å². The zero-order chi connectivity index (χ0) is 25.0. The summed E-state index contributed by atoms with van der Waals surface area (Å²) in [4.78, 5) is 5.81. The van der Waals surface area contributed by atoms with E-state index in [1.807, 2.05) is 18.7 Å². The fourth-order valence-corrected chi connectivity index (χ4v) is 3.90. The Morgan fingerprint density at radius 2 is 1.77 bits per heavy atom. The molecule has 1 atom stereocenters. The zero-order valence-electron chi connectivity index (χ0n) is 19.4. The first-order chi connectivity index (χ1) is 16.7. The summed E-state index contributed by atoms with van der Waals surface area (Å²) in [5.74, 6) is -1.88. The number of benzene rings is 2. The first kappa shape index (κ1) is 24.6. The summed E-state index contributed by atoms with van der Waals surface area (Å²) < 4.78 is 44.6. The molecule has 0 spiro atoms. The third kappa shape index (κ3) is 6.11. The Morgan fingerprint density at radius 3 is 2.43 bits per heavy atom. The fourth-order valence-electron chi connectivity index (χ4n) is 3.90. The van der Waals surface area contributed by atoms with Crippen LogP contribution in [0.4, 0.5) is 13.2 Å².